The van der Waals surface area contributed by atoms with E-state index < -0.39 is 15.9 Å². The third-order valence-electron chi connectivity index (χ3n) is 4.07. The molecule has 0 unspecified atom stereocenters. The molecule has 2 aromatic carbocycles. The SMILES string of the molecule is COc1cc(C(=O)NS(C)(=O)=O)ccc1-c1cnc(Oc2cc(Cl)cc(Cl)c2)c(C#N)c1. The van der Waals surface area contributed by atoms with Crippen LogP contribution in [0.4, 0.5) is 0 Å². The molecule has 0 aliphatic rings. The van der Waals surface area contributed by atoms with E-state index in [0.717, 1.165) is 6.26 Å². The molecule has 8 nitrogen and oxygen atoms in total. The van der Waals surface area contributed by atoms with Crippen molar-refractivity contribution in [1.82, 2.24) is 9.71 Å². The van der Waals surface area contributed by atoms with E-state index in [2.05, 4.69) is 4.98 Å². The Morgan fingerprint density at radius 2 is 1.81 bits per heavy atom. The van der Waals surface area contributed by atoms with Crippen molar-refractivity contribution in [3.63, 3.8) is 0 Å². The van der Waals surface area contributed by atoms with Crippen LogP contribution in [-0.4, -0.2) is 32.7 Å². The molecule has 0 fully saturated rings. The minimum atomic E-state index is -3.72. The quantitative estimate of drug-likeness (QED) is 0.541. The topological polar surface area (TPSA) is 118 Å². The zero-order valence-corrected chi connectivity index (χ0v) is 19.0. The van der Waals surface area contributed by atoms with Crippen LogP contribution in [0.5, 0.6) is 17.4 Å². The van der Waals surface area contributed by atoms with Gasteiger partial charge in [-0.15, -0.1) is 0 Å². The number of rotatable bonds is 6. The predicted molar refractivity (Wildman–Crippen MR) is 120 cm³/mol. The average Bonchev–Trinajstić information content (AvgIpc) is 2.71. The predicted octanol–water partition coefficient (Wildman–Crippen LogP) is 4.42. The van der Waals surface area contributed by atoms with Gasteiger partial charge in [-0.1, -0.05) is 23.2 Å². The summed E-state index contributed by atoms with van der Waals surface area (Å²) in [6, 6.07) is 12.6. The number of hydrogen-bond acceptors (Lipinski definition) is 7. The molecular weight excluding hydrogens is 477 g/mol. The number of aromatic nitrogens is 1. The number of ether oxygens (including phenoxy) is 2. The van der Waals surface area contributed by atoms with Gasteiger partial charge in [0.1, 0.15) is 23.1 Å². The number of sulfonamides is 1. The van der Waals surface area contributed by atoms with Gasteiger partial charge in [0.15, 0.2) is 0 Å². The van der Waals surface area contributed by atoms with E-state index >= 15 is 0 Å². The number of carbonyl (C=O) groups is 1. The molecule has 0 atom stereocenters. The highest BCUT2D eigenvalue weighted by Gasteiger charge is 2.17. The van der Waals surface area contributed by atoms with Gasteiger partial charge < -0.3 is 9.47 Å². The lowest BCUT2D eigenvalue weighted by molar-refractivity contribution is 0.0981. The Balaban J connectivity index is 1.96. The van der Waals surface area contributed by atoms with Crippen molar-refractivity contribution in [2.75, 3.05) is 13.4 Å². The van der Waals surface area contributed by atoms with E-state index in [0.29, 0.717) is 26.9 Å². The molecule has 1 N–H and O–H groups in total. The summed E-state index contributed by atoms with van der Waals surface area (Å²) in [5.74, 6) is -0.139. The lowest BCUT2D eigenvalue weighted by Gasteiger charge is -2.12. The van der Waals surface area contributed by atoms with E-state index in [1.807, 2.05) is 10.8 Å². The third kappa shape index (κ3) is 5.68. The summed E-state index contributed by atoms with van der Waals surface area (Å²) in [6.45, 7) is 0. The number of halogens is 2. The molecule has 11 heteroatoms. The fourth-order valence-corrected chi connectivity index (χ4v) is 3.72. The van der Waals surface area contributed by atoms with Crippen molar-refractivity contribution in [2.45, 2.75) is 0 Å². The summed E-state index contributed by atoms with van der Waals surface area (Å²) in [5.41, 5.74) is 1.27. The molecule has 3 rings (SSSR count). The van der Waals surface area contributed by atoms with E-state index in [-0.39, 0.29) is 22.8 Å². The standard InChI is InChI=1S/C21H15Cl2N3O5S/c1-30-19-6-12(20(27)26-32(2,28)29)3-4-18(19)14-5-13(10-24)21(25-11-14)31-17-8-15(22)7-16(23)9-17/h3-9,11H,1-2H3,(H,26,27). The smallest absolute Gasteiger partial charge is 0.264 e. The zero-order valence-electron chi connectivity index (χ0n) is 16.7. The van der Waals surface area contributed by atoms with Crippen molar-refractivity contribution in [3.8, 4) is 34.6 Å². The molecule has 0 radical (unpaired) electrons. The van der Waals surface area contributed by atoms with Gasteiger partial charge in [0, 0.05) is 32.9 Å². The zero-order chi connectivity index (χ0) is 23.5. The summed E-state index contributed by atoms with van der Waals surface area (Å²) in [5, 5.41) is 10.3. The normalized spacial score (nSPS) is 10.8. The maximum absolute atomic E-state index is 12.1. The molecular formula is C21H15Cl2N3O5S. The Morgan fingerprint density at radius 1 is 1.12 bits per heavy atom. The van der Waals surface area contributed by atoms with Crippen LogP contribution in [0, 0.1) is 11.3 Å². The second kappa shape index (κ2) is 9.44. The van der Waals surface area contributed by atoms with Crippen molar-refractivity contribution in [3.05, 3.63) is 69.8 Å². The van der Waals surface area contributed by atoms with Gasteiger partial charge in [0.05, 0.1) is 13.4 Å². The van der Waals surface area contributed by atoms with Crippen molar-refractivity contribution in [2.24, 2.45) is 0 Å². The minimum Gasteiger partial charge on any atom is -0.496 e. The molecule has 0 saturated heterocycles. The van der Waals surface area contributed by atoms with Crippen LogP contribution in [0.25, 0.3) is 11.1 Å². The molecule has 0 aliphatic carbocycles. The molecule has 0 saturated carbocycles. The van der Waals surface area contributed by atoms with Gasteiger partial charge in [-0.25, -0.2) is 18.1 Å². The Labute approximate surface area is 194 Å². The highest BCUT2D eigenvalue weighted by Crippen LogP contribution is 2.34. The first-order valence-electron chi connectivity index (χ1n) is 8.84. The Kier molecular flexibility index (Phi) is 6.89. The van der Waals surface area contributed by atoms with Crippen LogP contribution in [0.2, 0.25) is 10.0 Å². The van der Waals surface area contributed by atoms with Gasteiger partial charge in [0.2, 0.25) is 15.9 Å². The number of nitrogens with zero attached hydrogens (tertiary/aromatic N) is 2. The highest BCUT2D eigenvalue weighted by atomic mass is 35.5. The molecule has 0 spiro atoms. The van der Waals surface area contributed by atoms with Crippen molar-refractivity contribution >= 4 is 39.1 Å². The van der Waals surface area contributed by atoms with Crippen LogP contribution in [0.3, 0.4) is 0 Å². The molecule has 164 valence electrons. The Morgan fingerprint density at radius 3 is 2.41 bits per heavy atom. The number of nitriles is 1. The van der Waals surface area contributed by atoms with Crippen molar-refractivity contribution in [1.29, 1.82) is 5.26 Å². The first-order chi connectivity index (χ1) is 15.1. The average molecular weight is 492 g/mol. The number of methoxy groups -OCH3 is 1. The summed E-state index contributed by atoms with van der Waals surface area (Å²) in [7, 11) is -2.32. The van der Waals surface area contributed by atoms with Gasteiger partial charge in [-0.3, -0.25) is 4.79 Å². The summed E-state index contributed by atoms with van der Waals surface area (Å²) in [6.07, 6.45) is 2.35. The summed E-state index contributed by atoms with van der Waals surface area (Å²) >= 11 is 11.9. The largest absolute Gasteiger partial charge is 0.496 e. The second-order valence-electron chi connectivity index (χ2n) is 6.51. The third-order valence-corrected chi connectivity index (χ3v) is 5.07. The van der Waals surface area contributed by atoms with Crippen LogP contribution in [-0.2, 0) is 10.0 Å². The van der Waals surface area contributed by atoms with Crippen LogP contribution < -0.4 is 14.2 Å². The fraction of sp³-hybridized carbons (Fsp3) is 0.0952. The minimum absolute atomic E-state index is 0.0534. The van der Waals surface area contributed by atoms with E-state index in [1.165, 1.54) is 37.6 Å². The number of carbonyl (C=O) groups excluding carboxylic acids is 1. The fourth-order valence-electron chi connectivity index (χ4n) is 2.76. The molecule has 1 heterocycles. The van der Waals surface area contributed by atoms with Crippen LogP contribution in [0.15, 0.2) is 48.7 Å². The molecule has 1 aromatic heterocycles. The number of amides is 1. The first kappa shape index (κ1) is 23.3. The van der Waals surface area contributed by atoms with Gasteiger partial charge >= 0.3 is 0 Å². The Bertz CT molecular complexity index is 1330. The van der Waals surface area contributed by atoms with E-state index in [4.69, 9.17) is 32.7 Å². The first-order valence-corrected chi connectivity index (χ1v) is 11.5. The number of hydrogen-bond donors (Lipinski definition) is 1. The van der Waals surface area contributed by atoms with Crippen LogP contribution in [0.1, 0.15) is 15.9 Å². The van der Waals surface area contributed by atoms with E-state index in [1.54, 1.807) is 18.2 Å². The van der Waals surface area contributed by atoms with Gasteiger partial charge in [-0.2, -0.15) is 5.26 Å². The van der Waals surface area contributed by atoms with Crippen molar-refractivity contribution < 1.29 is 22.7 Å². The molecule has 0 aliphatic heterocycles. The lowest BCUT2D eigenvalue weighted by Crippen LogP contribution is -2.29. The molecule has 3 aromatic rings. The van der Waals surface area contributed by atoms with Gasteiger partial charge in [0.25, 0.3) is 5.91 Å². The summed E-state index contributed by atoms with van der Waals surface area (Å²) in [4.78, 5) is 16.3. The summed E-state index contributed by atoms with van der Waals surface area (Å²) < 4.78 is 35.5. The maximum Gasteiger partial charge on any atom is 0.264 e. The maximum atomic E-state index is 12.1. The van der Waals surface area contributed by atoms with Gasteiger partial charge in [-0.05, 0) is 42.5 Å². The highest BCUT2D eigenvalue weighted by molar-refractivity contribution is 7.89. The monoisotopic (exact) mass is 491 g/mol. The number of pyridine rings is 1. The molecule has 32 heavy (non-hydrogen) atoms. The molecule has 1 amide bonds. The number of benzene rings is 2. The molecule has 0 bridgehead atoms. The van der Waals surface area contributed by atoms with Crippen LogP contribution >= 0.6 is 23.2 Å². The number of nitrogens with one attached hydrogen (secondary N) is 1. The Hall–Kier alpha value is -3.32. The van der Waals surface area contributed by atoms with E-state index in [9.17, 15) is 18.5 Å². The second-order valence-corrected chi connectivity index (χ2v) is 9.14. The lowest BCUT2D eigenvalue weighted by atomic mass is 10.0.